The predicted molar refractivity (Wildman–Crippen MR) is 112 cm³/mol. The first-order valence-electron chi connectivity index (χ1n) is 10.2. The van der Waals surface area contributed by atoms with Gasteiger partial charge < -0.3 is 5.11 Å². The second-order valence-corrected chi connectivity index (χ2v) is 8.56. The maximum absolute atomic E-state index is 10.9. The van der Waals surface area contributed by atoms with Crippen molar-refractivity contribution >= 4 is 12.0 Å². The molecule has 0 bridgehead atoms. The van der Waals surface area contributed by atoms with Gasteiger partial charge in [0.05, 0.1) is 0 Å². The largest absolute Gasteiger partial charge is 0.384 e. The van der Waals surface area contributed by atoms with E-state index in [0.717, 1.165) is 25.1 Å². The summed E-state index contributed by atoms with van der Waals surface area (Å²) in [5, 5.41) is 10.9. The number of anilines is 1. The van der Waals surface area contributed by atoms with E-state index in [1.165, 1.54) is 22.4 Å². The Labute approximate surface area is 163 Å². The second kappa shape index (κ2) is 7.12. The summed E-state index contributed by atoms with van der Waals surface area (Å²) in [7, 11) is 0. The fraction of sp³-hybridized carbons (Fsp3) is 0.458. The number of fused-ring (bicyclic) bond motifs is 1. The van der Waals surface area contributed by atoms with Gasteiger partial charge in [0.15, 0.2) is 0 Å². The van der Waals surface area contributed by atoms with Gasteiger partial charge in [0, 0.05) is 17.5 Å². The average molecular weight is 364 g/mol. The van der Waals surface area contributed by atoms with E-state index in [4.69, 9.17) is 0 Å². The van der Waals surface area contributed by atoms with Crippen LogP contribution in [-0.4, -0.2) is 35.2 Å². The summed E-state index contributed by atoms with van der Waals surface area (Å²) < 4.78 is 2.35. The molecule has 1 aliphatic carbocycles. The van der Waals surface area contributed by atoms with Gasteiger partial charge in [0.25, 0.3) is 0 Å². The highest BCUT2D eigenvalue weighted by Gasteiger charge is 2.39. The van der Waals surface area contributed by atoms with Gasteiger partial charge in [-0.2, -0.15) is 0 Å². The van der Waals surface area contributed by atoms with Crippen molar-refractivity contribution in [2.24, 2.45) is 0 Å². The lowest BCUT2D eigenvalue weighted by molar-refractivity contribution is -0.562. The van der Waals surface area contributed by atoms with E-state index >= 15 is 0 Å². The number of hydrogen-bond acceptors (Lipinski definition) is 2. The van der Waals surface area contributed by atoms with Crippen LogP contribution in [0.5, 0.6) is 0 Å². The second-order valence-electron chi connectivity index (χ2n) is 8.56. The first-order valence-corrected chi connectivity index (χ1v) is 10.2. The molecule has 2 aromatic carbocycles. The van der Waals surface area contributed by atoms with Crippen LogP contribution in [0.15, 0.2) is 42.5 Å². The fourth-order valence-corrected chi connectivity index (χ4v) is 4.63. The molecule has 1 N–H and O–H groups in total. The maximum Gasteiger partial charge on any atom is 0.239 e. The Hall–Kier alpha value is -2.13. The third kappa shape index (κ3) is 3.19. The van der Waals surface area contributed by atoms with E-state index in [0.29, 0.717) is 11.8 Å². The van der Waals surface area contributed by atoms with Gasteiger partial charge in [-0.25, -0.2) is 4.90 Å². The summed E-state index contributed by atoms with van der Waals surface area (Å²) in [4.78, 5) is 2.42. The number of para-hydroxylation sites is 1. The molecule has 3 heteroatoms. The van der Waals surface area contributed by atoms with Crippen LogP contribution < -0.4 is 4.90 Å². The van der Waals surface area contributed by atoms with Gasteiger partial charge in [0.1, 0.15) is 30.9 Å². The zero-order valence-electron chi connectivity index (χ0n) is 16.9. The van der Waals surface area contributed by atoms with Gasteiger partial charge in [0.2, 0.25) is 6.34 Å². The van der Waals surface area contributed by atoms with E-state index < -0.39 is 6.10 Å². The number of hydrogen-bond donors (Lipinski definition) is 1. The van der Waals surface area contributed by atoms with Gasteiger partial charge >= 0.3 is 0 Å². The minimum atomic E-state index is -0.401. The Balaban J connectivity index is 1.68. The third-order valence-corrected chi connectivity index (χ3v) is 6.11. The molecule has 0 amide bonds. The molecule has 0 radical (unpaired) electrons. The van der Waals surface area contributed by atoms with Crippen LogP contribution in [0.25, 0.3) is 0 Å². The SMILES string of the molecule is CC(C)c1cccc(C(C)C)c1N1C=[N+](C2Cc3ccccc3C2O)CC1. The summed E-state index contributed by atoms with van der Waals surface area (Å²) >= 11 is 0. The van der Waals surface area contributed by atoms with Crippen LogP contribution in [0.2, 0.25) is 0 Å². The lowest BCUT2D eigenvalue weighted by Gasteiger charge is -2.20. The zero-order valence-corrected chi connectivity index (χ0v) is 16.9. The van der Waals surface area contributed by atoms with Gasteiger partial charge in [-0.15, -0.1) is 0 Å². The standard InChI is InChI=1S/C24H31N2O/c1-16(2)19-10-7-11-20(17(3)4)23(19)26-13-12-25(15-26)22-14-18-8-5-6-9-21(18)24(22)27/h5-11,15-17,22,24,27H,12-14H2,1-4H3/q+1. The number of aliphatic hydroxyl groups excluding tert-OH is 1. The molecule has 2 aliphatic rings. The predicted octanol–water partition coefficient (Wildman–Crippen LogP) is 4.45. The number of benzene rings is 2. The summed E-state index contributed by atoms with van der Waals surface area (Å²) in [6.07, 6.45) is 2.78. The van der Waals surface area contributed by atoms with Crippen molar-refractivity contribution in [3.8, 4) is 0 Å². The molecule has 0 saturated carbocycles. The van der Waals surface area contributed by atoms with Crippen molar-refractivity contribution in [3.05, 3.63) is 64.7 Å². The molecule has 2 atom stereocenters. The van der Waals surface area contributed by atoms with Crippen molar-refractivity contribution in [2.75, 3.05) is 18.0 Å². The van der Waals surface area contributed by atoms with Gasteiger partial charge in [-0.3, -0.25) is 4.58 Å². The molecule has 1 aliphatic heterocycles. The molecule has 1 heterocycles. The van der Waals surface area contributed by atoms with Gasteiger partial charge in [-0.05, 0) is 23.0 Å². The van der Waals surface area contributed by atoms with Crippen LogP contribution in [-0.2, 0) is 6.42 Å². The molecular weight excluding hydrogens is 332 g/mol. The summed E-state index contributed by atoms with van der Waals surface area (Å²) in [6.45, 7) is 11.0. The molecule has 0 saturated heterocycles. The lowest BCUT2D eigenvalue weighted by Crippen LogP contribution is -2.30. The first-order chi connectivity index (χ1) is 13.0. The van der Waals surface area contributed by atoms with Crippen molar-refractivity contribution < 1.29 is 9.68 Å². The monoisotopic (exact) mass is 363 g/mol. The molecule has 2 aromatic rings. The fourth-order valence-electron chi connectivity index (χ4n) is 4.63. The Kier molecular flexibility index (Phi) is 4.81. The minimum absolute atomic E-state index is 0.140. The Morgan fingerprint density at radius 2 is 1.63 bits per heavy atom. The summed E-state index contributed by atoms with van der Waals surface area (Å²) in [6, 6.07) is 15.2. The highest BCUT2D eigenvalue weighted by Crippen LogP contribution is 2.37. The molecule has 0 spiro atoms. The smallest absolute Gasteiger partial charge is 0.239 e. The molecule has 0 fully saturated rings. The van der Waals surface area contributed by atoms with Crippen LogP contribution >= 0.6 is 0 Å². The van der Waals surface area contributed by atoms with Crippen LogP contribution in [0.4, 0.5) is 5.69 Å². The van der Waals surface area contributed by atoms with Crippen molar-refractivity contribution in [1.82, 2.24) is 0 Å². The van der Waals surface area contributed by atoms with E-state index in [1.54, 1.807) is 0 Å². The number of aliphatic hydroxyl groups is 1. The molecule has 4 rings (SSSR count). The van der Waals surface area contributed by atoms with Crippen molar-refractivity contribution in [3.63, 3.8) is 0 Å². The normalized spacial score (nSPS) is 21.9. The Morgan fingerprint density at radius 3 is 2.26 bits per heavy atom. The highest BCUT2D eigenvalue weighted by atomic mass is 16.3. The minimum Gasteiger partial charge on any atom is -0.384 e. The number of rotatable bonds is 4. The van der Waals surface area contributed by atoms with Gasteiger partial charge in [-0.1, -0.05) is 70.2 Å². The molecule has 3 nitrogen and oxygen atoms in total. The van der Waals surface area contributed by atoms with E-state index in [1.807, 2.05) is 6.07 Å². The van der Waals surface area contributed by atoms with E-state index in [-0.39, 0.29) is 6.04 Å². The summed E-state index contributed by atoms with van der Waals surface area (Å²) in [5.74, 6) is 0.977. The molecular formula is C24H31N2O+. The van der Waals surface area contributed by atoms with Crippen LogP contribution in [0, 0.1) is 0 Å². The van der Waals surface area contributed by atoms with Crippen molar-refractivity contribution in [1.29, 1.82) is 0 Å². The third-order valence-electron chi connectivity index (χ3n) is 6.11. The van der Waals surface area contributed by atoms with Crippen molar-refractivity contribution in [2.45, 2.75) is 58.1 Å². The Bertz CT molecular complexity index is 842. The summed E-state index contributed by atoms with van der Waals surface area (Å²) in [5.41, 5.74) is 6.58. The Morgan fingerprint density at radius 1 is 0.963 bits per heavy atom. The van der Waals surface area contributed by atoms with Crippen LogP contribution in [0.1, 0.15) is 67.9 Å². The highest BCUT2D eigenvalue weighted by molar-refractivity contribution is 5.81. The van der Waals surface area contributed by atoms with E-state index in [9.17, 15) is 5.11 Å². The quantitative estimate of drug-likeness (QED) is 0.812. The number of nitrogens with zero attached hydrogens (tertiary/aromatic N) is 2. The van der Waals surface area contributed by atoms with E-state index in [2.05, 4.69) is 79.9 Å². The van der Waals surface area contributed by atoms with Crippen LogP contribution in [0.3, 0.4) is 0 Å². The average Bonchev–Trinajstić information content (AvgIpc) is 3.26. The first kappa shape index (κ1) is 18.2. The topological polar surface area (TPSA) is 26.5 Å². The molecule has 142 valence electrons. The molecule has 27 heavy (non-hydrogen) atoms. The molecule has 2 unspecified atom stereocenters. The molecule has 0 aromatic heterocycles. The lowest BCUT2D eigenvalue weighted by atomic mass is 9.92. The zero-order chi connectivity index (χ0) is 19.1. The maximum atomic E-state index is 10.9.